The molecule has 6 nitrogen and oxygen atoms in total. The summed E-state index contributed by atoms with van der Waals surface area (Å²) in [5, 5.41) is 6.35. The van der Waals surface area contributed by atoms with Gasteiger partial charge in [-0.05, 0) is 65.2 Å². The predicted molar refractivity (Wildman–Crippen MR) is 141 cm³/mol. The van der Waals surface area contributed by atoms with Crippen LogP contribution in [0.4, 0.5) is 24.7 Å². The lowest BCUT2D eigenvalue weighted by Crippen LogP contribution is -2.34. The van der Waals surface area contributed by atoms with E-state index in [1.165, 1.54) is 12.1 Å². The third-order valence-corrected chi connectivity index (χ3v) is 6.51. The number of aromatic nitrogens is 2. The molecule has 0 saturated heterocycles. The van der Waals surface area contributed by atoms with Crippen molar-refractivity contribution in [3.05, 3.63) is 107 Å². The first-order valence-corrected chi connectivity index (χ1v) is 12.3. The summed E-state index contributed by atoms with van der Waals surface area (Å²) in [6, 6.07) is 16.3. The van der Waals surface area contributed by atoms with Crippen LogP contribution in [0, 0.1) is 0 Å². The number of rotatable bonds is 6. The molecule has 0 radical (unpaired) electrons. The summed E-state index contributed by atoms with van der Waals surface area (Å²) in [5.41, 5.74) is 2.98. The summed E-state index contributed by atoms with van der Waals surface area (Å²) in [6.07, 6.45) is 0.526. The van der Waals surface area contributed by atoms with Crippen LogP contribution >= 0.6 is 11.6 Å². The molecule has 0 atom stereocenters. The number of alkyl halides is 3. The van der Waals surface area contributed by atoms with Gasteiger partial charge >= 0.3 is 6.18 Å². The van der Waals surface area contributed by atoms with Crippen molar-refractivity contribution in [1.82, 2.24) is 15.3 Å². The van der Waals surface area contributed by atoms with E-state index in [9.17, 15) is 18.0 Å². The highest BCUT2D eigenvalue weighted by molar-refractivity contribution is 6.30. The fourth-order valence-corrected chi connectivity index (χ4v) is 4.58. The number of anilines is 2. The molecule has 2 aromatic heterocycles. The molecule has 5 rings (SSSR count). The van der Waals surface area contributed by atoms with Crippen molar-refractivity contribution in [2.24, 2.45) is 0 Å². The van der Waals surface area contributed by atoms with Crippen molar-refractivity contribution in [1.29, 1.82) is 0 Å². The lowest BCUT2D eigenvalue weighted by Gasteiger charge is -2.32. The number of carbonyl (C=O) groups is 1. The highest BCUT2D eigenvalue weighted by atomic mass is 35.5. The molecule has 0 bridgehead atoms. The highest BCUT2D eigenvalue weighted by Crippen LogP contribution is 2.37. The Morgan fingerprint density at radius 1 is 1.05 bits per heavy atom. The Morgan fingerprint density at radius 2 is 1.87 bits per heavy atom. The van der Waals surface area contributed by atoms with Gasteiger partial charge in [-0.3, -0.25) is 9.78 Å². The quantitative estimate of drug-likeness (QED) is 0.307. The Kier molecular flexibility index (Phi) is 7.20. The fraction of sp³-hybridized carbons (Fsp3) is 0.179. The van der Waals surface area contributed by atoms with Crippen LogP contribution in [-0.4, -0.2) is 29.0 Å². The summed E-state index contributed by atoms with van der Waals surface area (Å²) in [6.45, 7) is 1.41. The molecule has 0 spiro atoms. The summed E-state index contributed by atoms with van der Waals surface area (Å²) in [4.78, 5) is 23.1. The van der Waals surface area contributed by atoms with E-state index in [1.807, 2.05) is 29.2 Å². The van der Waals surface area contributed by atoms with E-state index < -0.39 is 11.7 Å². The minimum atomic E-state index is -4.49. The zero-order chi connectivity index (χ0) is 26.7. The standard InChI is InChI=1S/C28H23ClF3N5O/c29-23-4-5-24(28(30,31)32)22(13-23)17-37-11-10-34-26-25(37)14-21(16-35-26)19-2-1-3-20(12-19)27(38)36-15-18-6-8-33-9-7-18/h1-9,12-14,16H,10-11,15,17H2,(H,34,35)(H,36,38). The van der Waals surface area contributed by atoms with Gasteiger partial charge in [-0.15, -0.1) is 0 Å². The number of benzene rings is 2. The number of amides is 1. The van der Waals surface area contributed by atoms with E-state index in [2.05, 4.69) is 20.6 Å². The maximum atomic E-state index is 13.6. The maximum Gasteiger partial charge on any atom is 0.416 e. The van der Waals surface area contributed by atoms with Gasteiger partial charge in [0, 0.05) is 60.9 Å². The van der Waals surface area contributed by atoms with Gasteiger partial charge < -0.3 is 15.5 Å². The Labute approximate surface area is 222 Å². The van der Waals surface area contributed by atoms with Crippen LogP contribution in [0.2, 0.25) is 5.02 Å². The molecule has 38 heavy (non-hydrogen) atoms. The maximum absolute atomic E-state index is 13.6. The Bertz CT molecular complexity index is 1460. The first-order valence-electron chi connectivity index (χ1n) is 11.9. The summed E-state index contributed by atoms with van der Waals surface area (Å²) < 4.78 is 40.9. The van der Waals surface area contributed by atoms with Crippen LogP contribution in [0.5, 0.6) is 0 Å². The van der Waals surface area contributed by atoms with Crippen molar-refractivity contribution in [2.45, 2.75) is 19.3 Å². The molecule has 0 saturated carbocycles. The highest BCUT2D eigenvalue weighted by Gasteiger charge is 2.34. The largest absolute Gasteiger partial charge is 0.416 e. The number of fused-ring (bicyclic) bond motifs is 1. The molecule has 2 N–H and O–H groups in total. The zero-order valence-corrected chi connectivity index (χ0v) is 20.9. The van der Waals surface area contributed by atoms with Crippen molar-refractivity contribution < 1.29 is 18.0 Å². The SMILES string of the molecule is O=C(NCc1ccncc1)c1cccc(-c2cnc3c(c2)N(Cc2cc(Cl)ccc2C(F)(F)F)CCN3)c1. The number of nitrogens with one attached hydrogen (secondary N) is 2. The average molecular weight is 538 g/mol. The van der Waals surface area contributed by atoms with Crippen LogP contribution in [0.1, 0.15) is 27.0 Å². The molecule has 0 unspecified atom stereocenters. The van der Waals surface area contributed by atoms with Gasteiger partial charge in [0.15, 0.2) is 0 Å². The number of hydrogen-bond acceptors (Lipinski definition) is 5. The van der Waals surface area contributed by atoms with Crippen LogP contribution < -0.4 is 15.5 Å². The predicted octanol–water partition coefficient (Wildman–Crippen LogP) is 6.18. The molecule has 2 aromatic carbocycles. The van der Waals surface area contributed by atoms with Gasteiger partial charge in [0.2, 0.25) is 0 Å². The van der Waals surface area contributed by atoms with Gasteiger partial charge in [-0.2, -0.15) is 13.2 Å². The summed E-state index contributed by atoms with van der Waals surface area (Å²) in [7, 11) is 0. The lowest BCUT2D eigenvalue weighted by molar-refractivity contribution is -0.138. The zero-order valence-electron chi connectivity index (χ0n) is 20.1. The molecular formula is C28H23ClF3N5O. The third kappa shape index (κ3) is 5.73. The molecule has 1 aliphatic rings. The van der Waals surface area contributed by atoms with E-state index in [0.717, 1.165) is 22.8 Å². The first-order chi connectivity index (χ1) is 18.3. The molecule has 0 aliphatic carbocycles. The summed E-state index contributed by atoms with van der Waals surface area (Å²) >= 11 is 6.04. The van der Waals surface area contributed by atoms with E-state index in [-0.39, 0.29) is 23.0 Å². The average Bonchev–Trinajstić information content (AvgIpc) is 2.92. The molecule has 1 aliphatic heterocycles. The van der Waals surface area contributed by atoms with Crippen molar-refractivity contribution in [2.75, 3.05) is 23.3 Å². The van der Waals surface area contributed by atoms with Gasteiger partial charge in [0.05, 0.1) is 11.3 Å². The van der Waals surface area contributed by atoms with Gasteiger partial charge in [-0.1, -0.05) is 23.7 Å². The number of pyridine rings is 2. The number of carbonyl (C=O) groups excluding carboxylic acids is 1. The lowest BCUT2D eigenvalue weighted by atomic mass is 10.0. The second-order valence-corrected chi connectivity index (χ2v) is 9.29. The molecular weight excluding hydrogens is 515 g/mol. The first kappa shape index (κ1) is 25.5. The Hall–Kier alpha value is -4.11. The Morgan fingerprint density at radius 3 is 2.66 bits per heavy atom. The number of halogens is 4. The second-order valence-electron chi connectivity index (χ2n) is 8.86. The molecule has 4 aromatic rings. The Balaban J connectivity index is 1.40. The van der Waals surface area contributed by atoms with Crippen molar-refractivity contribution >= 4 is 29.0 Å². The van der Waals surface area contributed by atoms with Crippen LogP contribution in [0.15, 0.2) is 79.3 Å². The normalized spacial score (nSPS) is 13.0. The van der Waals surface area contributed by atoms with Crippen LogP contribution in [-0.2, 0) is 19.3 Å². The van der Waals surface area contributed by atoms with Crippen molar-refractivity contribution in [3.63, 3.8) is 0 Å². The number of nitrogens with zero attached hydrogens (tertiary/aromatic N) is 3. The monoisotopic (exact) mass is 537 g/mol. The van der Waals surface area contributed by atoms with E-state index in [1.54, 1.807) is 36.8 Å². The van der Waals surface area contributed by atoms with E-state index in [4.69, 9.17) is 11.6 Å². The smallest absolute Gasteiger partial charge is 0.367 e. The van der Waals surface area contributed by atoms with Gasteiger partial charge in [0.1, 0.15) is 5.82 Å². The second kappa shape index (κ2) is 10.7. The molecule has 3 heterocycles. The van der Waals surface area contributed by atoms with E-state index >= 15 is 0 Å². The van der Waals surface area contributed by atoms with Crippen LogP contribution in [0.3, 0.4) is 0 Å². The third-order valence-electron chi connectivity index (χ3n) is 6.28. The molecule has 0 fully saturated rings. The minimum Gasteiger partial charge on any atom is -0.367 e. The molecule has 194 valence electrons. The van der Waals surface area contributed by atoms with Crippen molar-refractivity contribution in [3.8, 4) is 11.1 Å². The topological polar surface area (TPSA) is 70.2 Å². The molecule has 10 heteroatoms. The van der Waals surface area contributed by atoms with Crippen LogP contribution in [0.25, 0.3) is 11.1 Å². The van der Waals surface area contributed by atoms with Gasteiger partial charge in [0.25, 0.3) is 5.91 Å². The van der Waals surface area contributed by atoms with E-state index in [0.29, 0.717) is 36.7 Å². The minimum absolute atomic E-state index is 0.0205. The van der Waals surface area contributed by atoms with Gasteiger partial charge in [-0.25, -0.2) is 4.98 Å². The fourth-order valence-electron chi connectivity index (χ4n) is 4.38. The summed E-state index contributed by atoms with van der Waals surface area (Å²) in [5.74, 6) is 0.361. The number of hydrogen-bond donors (Lipinski definition) is 2. The molecule has 1 amide bonds.